The summed E-state index contributed by atoms with van der Waals surface area (Å²) < 4.78 is 5.94. The van der Waals surface area contributed by atoms with Crippen molar-refractivity contribution in [2.45, 2.75) is 32.3 Å². The maximum Gasteiger partial charge on any atom is 0.126 e. The van der Waals surface area contributed by atoms with Crippen LogP contribution in [0.2, 0.25) is 5.02 Å². The van der Waals surface area contributed by atoms with Crippen molar-refractivity contribution in [2.75, 3.05) is 24.6 Å². The number of morpholine rings is 1. The summed E-state index contributed by atoms with van der Waals surface area (Å²) >= 11 is 7.65. The third kappa shape index (κ3) is 3.56. The summed E-state index contributed by atoms with van der Waals surface area (Å²) in [5, 5.41) is 13.1. The predicted octanol–water partition coefficient (Wildman–Crippen LogP) is 4.54. The monoisotopic (exact) mass is 361 g/mol. The lowest BCUT2D eigenvalue weighted by Crippen LogP contribution is -2.38. The number of hydrogen-bond donors (Lipinski definition) is 0. The van der Waals surface area contributed by atoms with Gasteiger partial charge >= 0.3 is 0 Å². The average Bonchev–Trinajstić information content (AvgIpc) is 3.05. The minimum atomic E-state index is -0.0675. The molecule has 4 nitrogen and oxygen atoms in total. The molecule has 3 rings (SSSR count). The second-order valence-corrected chi connectivity index (χ2v) is 8.23. The largest absolute Gasteiger partial charge is 0.367 e. The maximum atomic E-state index is 9.37. The fourth-order valence-electron chi connectivity index (χ4n) is 2.67. The van der Waals surface area contributed by atoms with Gasteiger partial charge in [0.05, 0.1) is 30.1 Å². The van der Waals surface area contributed by atoms with Crippen LogP contribution < -0.4 is 4.90 Å². The average molecular weight is 362 g/mol. The molecular weight excluding hydrogens is 342 g/mol. The van der Waals surface area contributed by atoms with E-state index in [-0.39, 0.29) is 11.5 Å². The molecule has 1 unspecified atom stereocenters. The Balaban J connectivity index is 1.83. The van der Waals surface area contributed by atoms with Crippen LogP contribution in [-0.4, -0.2) is 24.7 Å². The molecule has 1 fully saturated rings. The Morgan fingerprint density at radius 2 is 2.21 bits per heavy atom. The minimum absolute atomic E-state index is 0.0350. The van der Waals surface area contributed by atoms with Crippen molar-refractivity contribution < 1.29 is 4.74 Å². The van der Waals surface area contributed by atoms with Crippen molar-refractivity contribution >= 4 is 28.6 Å². The maximum absolute atomic E-state index is 9.37. The number of aromatic nitrogens is 1. The SMILES string of the molecule is CC(C)(C)c1csc(C2CN(c3ccc(Cl)cc3C#N)CCO2)n1. The summed E-state index contributed by atoms with van der Waals surface area (Å²) in [5.74, 6) is 0. The van der Waals surface area contributed by atoms with Gasteiger partial charge in [-0.05, 0) is 18.2 Å². The zero-order chi connectivity index (χ0) is 17.3. The molecule has 0 spiro atoms. The van der Waals surface area contributed by atoms with E-state index < -0.39 is 0 Å². The fraction of sp³-hybridized carbons (Fsp3) is 0.444. The summed E-state index contributed by atoms with van der Waals surface area (Å²) in [6, 6.07) is 7.67. The Morgan fingerprint density at radius 1 is 1.42 bits per heavy atom. The van der Waals surface area contributed by atoms with Crippen molar-refractivity contribution in [3.63, 3.8) is 0 Å². The molecule has 24 heavy (non-hydrogen) atoms. The van der Waals surface area contributed by atoms with E-state index >= 15 is 0 Å². The Morgan fingerprint density at radius 3 is 2.88 bits per heavy atom. The van der Waals surface area contributed by atoms with Crippen LogP contribution in [0.5, 0.6) is 0 Å². The summed E-state index contributed by atoms with van der Waals surface area (Å²) in [4.78, 5) is 6.95. The van der Waals surface area contributed by atoms with Crippen LogP contribution in [0.25, 0.3) is 0 Å². The number of benzene rings is 1. The number of halogens is 1. The normalized spacial score (nSPS) is 18.5. The second-order valence-electron chi connectivity index (χ2n) is 6.90. The number of nitrogens with zero attached hydrogens (tertiary/aromatic N) is 3. The summed E-state index contributed by atoms with van der Waals surface area (Å²) in [5.41, 5.74) is 2.63. The Kier molecular flexibility index (Phi) is 4.82. The molecule has 6 heteroatoms. The van der Waals surface area contributed by atoms with Gasteiger partial charge in [0, 0.05) is 22.4 Å². The molecule has 0 aliphatic carbocycles. The molecule has 2 aromatic rings. The van der Waals surface area contributed by atoms with E-state index in [9.17, 15) is 5.26 Å². The molecule has 0 N–H and O–H groups in total. The van der Waals surface area contributed by atoms with E-state index in [0.29, 0.717) is 23.7 Å². The lowest BCUT2D eigenvalue weighted by atomic mass is 9.93. The number of nitriles is 1. The van der Waals surface area contributed by atoms with Crippen molar-refractivity contribution in [1.29, 1.82) is 5.26 Å². The van der Waals surface area contributed by atoms with Crippen molar-refractivity contribution in [3.05, 3.63) is 44.9 Å². The van der Waals surface area contributed by atoms with E-state index in [4.69, 9.17) is 21.3 Å². The first-order valence-electron chi connectivity index (χ1n) is 7.90. The lowest BCUT2D eigenvalue weighted by molar-refractivity contribution is 0.0395. The van der Waals surface area contributed by atoms with E-state index in [1.165, 1.54) is 0 Å². The molecule has 1 saturated heterocycles. The number of ether oxygens (including phenoxy) is 1. The highest BCUT2D eigenvalue weighted by molar-refractivity contribution is 7.09. The molecule has 0 amide bonds. The van der Waals surface area contributed by atoms with Crippen LogP contribution in [0.4, 0.5) is 5.69 Å². The Hall–Kier alpha value is -1.61. The molecule has 126 valence electrons. The predicted molar refractivity (Wildman–Crippen MR) is 97.9 cm³/mol. The van der Waals surface area contributed by atoms with Gasteiger partial charge in [-0.25, -0.2) is 4.98 Å². The summed E-state index contributed by atoms with van der Waals surface area (Å²) in [7, 11) is 0. The van der Waals surface area contributed by atoms with E-state index in [1.807, 2.05) is 12.1 Å². The minimum Gasteiger partial charge on any atom is -0.367 e. The van der Waals surface area contributed by atoms with Gasteiger partial charge in [0.2, 0.25) is 0 Å². The van der Waals surface area contributed by atoms with Gasteiger partial charge in [-0.1, -0.05) is 32.4 Å². The molecule has 1 aromatic heterocycles. The fourth-order valence-corrected chi connectivity index (χ4v) is 3.93. The highest BCUT2D eigenvalue weighted by atomic mass is 35.5. The van der Waals surface area contributed by atoms with Crippen LogP contribution >= 0.6 is 22.9 Å². The van der Waals surface area contributed by atoms with Crippen LogP contribution in [0.3, 0.4) is 0 Å². The van der Waals surface area contributed by atoms with E-state index in [1.54, 1.807) is 17.4 Å². The van der Waals surface area contributed by atoms with Gasteiger partial charge < -0.3 is 9.64 Å². The van der Waals surface area contributed by atoms with Crippen molar-refractivity contribution in [3.8, 4) is 6.07 Å². The van der Waals surface area contributed by atoms with Crippen LogP contribution in [0, 0.1) is 11.3 Å². The van der Waals surface area contributed by atoms with Gasteiger partial charge in [-0.3, -0.25) is 0 Å². The van der Waals surface area contributed by atoms with E-state index in [2.05, 4.69) is 37.1 Å². The van der Waals surface area contributed by atoms with E-state index in [0.717, 1.165) is 22.9 Å². The lowest BCUT2D eigenvalue weighted by Gasteiger charge is -2.34. The van der Waals surface area contributed by atoms with Gasteiger partial charge in [0.15, 0.2) is 0 Å². The summed E-state index contributed by atoms with van der Waals surface area (Å²) in [6.07, 6.45) is -0.0675. The van der Waals surface area contributed by atoms with Crippen LogP contribution in [-0.2, 0) is 10.2 Å². The number of rotatable bonds is 2. The highest BCUT2D eigenvalue weighted by Gasteiger charge is 2.27. The molecule has 0 bridgehead atoms. The van der Waals surface area contributed by atoms with Crippen molar-refractivity contribution in [2.24, 2.45) is 0 Å². The van der Waals surface area contributed by atoms with Gasteiger partial charge in [-0.15, -0.1) is 11.3 Å². The first-order chi connectivity index (χ1) is 11.4. The molecule has 1 aromatic carbocycles. The van der Waals surface area contributed by atoms with Gasteiger partial charge in [0.25, 0.3) is 0 Å². The molecule has 0 saturated carbocycles. The van der Waals surface area contributed by atoms with Crippen LogP contribution in [0.1, 0.15) is 43.1 Å². The Labute approximate surface area is 151 Å². The summed E-state index contributed by atoms with van der Waals surface area (Å²) in [6.45, 7) is 8.53. The molecule has 1 aliphatic heterocycles. The smallest absolute Gasteiger partial charge is 0.126 e. The number of thiazole rings is 1. The molecule has 1 aliphatic rings. The third-order valence-corrected chi connectivity index (χ3v) is 5.22. The Bertz CT molecular complexity index is 775. The number of hydrogen-bond acceptors (Lipinski definition) is 5. The zero-order valence-electron chi connectivity index (χ0n) is 14.0. The van der Waals surface area contributed by atoms with Gasteiger partial charge in [-0.2, -0.15) is 5.26 Å². The highest BCUT2D eigenvalue weighted by Crippen LogP contribution is 2.33. The molecule has 2 heterocycles. The molecule has 0 radical (unpaired) electrons. The number of anilines is 1. The third-order valence-electron chi connectivity index (χ3n) is 4.05. The zero-order valence-corrected chi connectivity index (χ0v) is 15.6. The standard InChI is InChI=1S/C18H20ClN3OS/c1-18(2,3)16-11-24-17(21-16)15-10-22(6-7-23-15)14-5-4-13(19)8-12(14)9-20/h4-5,8,11,15H,6-7,10H2,1-3H3. The first kappa shape index (κ1) is 17.2. The molecular formula is C18H20ClN3OS. The second kappa shape index (κ2) is 6.72. The quantitative estimate of drug-likeness (QED) is 0.787. The van der Waals surface area contributed by atoms with Crippen LogP contribution in [0.15, 0.2) is 23.6 Å². The van der Waals surface area contributed by atoms with Gasteiger partial charge in [0.1, 0.15) is 17.2 Å². The van der Waals surface area contributed by atoms with Crippen molar-refractivity contribution in [1.82, 2.24) is 4.98 Å². The topological polar surface area (TPSA) is 49.2 Å². The first-order valence-corrected chi connectivity index (χ1v) is 9.16. The molecule has 1 atom stereocenters.